The first kappa shape index (κ1) is 20.0. The van der Waals surface area contributed by atoms with Crippen LogP contribution in [0.15, 0.2) is 78.9 Å². The largest absolute Gasteiger partial charge is 0.457 e. The summed E-state index contributed by atoms with van der Waals surface area (Å²) >= 11 is 0. The highest BCUT2D eigenvalue weighted by Gasteiger charge is 2.10. The molecule has 0 saturated carbocycles. The summed E-state index contributed by atoms with van der Waals surface area (Å²) in [6, 6.07) is 21.0. The first-order valence-corrected chi connectivity index (χ1v) is 8.68. The van der Waals surface area contributed by atoms with Gasteiger partial charge in [-0.25, -0.2) is 4.79 Å². The van der Waals surface area contributed by atoms with E-state index in [-0.39, 0.29) is 23.8 Å². The van der Waals surface area contributed by atoms with Gasteiger partial charge >= 0.3 is 12.6 Å². The molecule has 0 aromatic heterocycles. The summed E-state index contributed by atoms with van der Waals surface area (Å²) in [5.41, 5.74) is 2.08. The van der Waals surface area contributed by atoms with Crippen molar-refractivity contribution in [2.45, 2.75) is 13.2 Å². The first-order chi connectivity index (χ1) is 14.0. The van der Waals surface area contributed by atoms with Crippen molar-refractivity contribution in [3.05, 3.63) is 95.6 Å². The highest BCUT2D eigenvalue weighted by Crippen LogP contribution is 2.16. The zero-order chi connectivity index (χ0) is 20.6. The van der Waals surface area contributed by atoms with Gasteiger partial charge in [0.2, 0.25) is 0 Å². The van der Waals surface area contributed by atoms with Crippen LogP contribution >= 0.6 is 0 Å². The van der Waals surface area contributed by atoms with Gasteiger partial charge in [-0.2, -0.15) is 8.78 Å². The molecule has 0 atom stereocenters. The van der Waals surface area contributed by atoms with Gasteiger partial charge in [-0.3, -0.25) is 4.79 Å². The van der Waals surface area contributed by atoms with Gasteiger partial charge in [0.05, 0.1) is 5.56 Å². The number of anilines is 1. The Labute approximate surface area is 165 Å². The van der Waals surface area contributed by atoms with Crippen molar-refractivity contribution in [1.82, 2.24) is 0 Å². The Hall–Kier alpha value is -3.74. The number of hydrogen-bond acceptors (Lipinski definition) is 4. The SMILES string of the molecule is O=C(Nc1ccccc1)c1ccc(COC(=O)c2ccc(OC(F)F)cc2)cc1. The highest BCUT2D eigenvalue weighted by molar-refractivity contribution is 6.04. The molecule has 3 aromatic rings. The Morgan fingerprint density at radius 3 is 2.07 bits per heavy atom. The second-order valence-corrected chi connectivity index (χ2v) is 6.00. The van der Waals surface area contributed by atoms with E-state index in [1.807, 2.05) is 18.2 Å². The van der Waals surface area contributed by atoms with E-state index in [1.54, 1.807) is 36.4 Å². The van der Waals surface area contributed by atoms with Crippen LogP contribution in [0.4, 0.5) is 14.5 Å². The van der Waals surface area contributed by atoms with E-state index in [4.69, 9.17) is 4.74 Å². The number of halogens is 2. The van der Waals surface area contributed by atoms with Crippen molar-refractivity contribution >= 4 is 17.6 Å². The number of amides is 1. The maximum atomic E-state index is 12.2. The molecule has 0 radical (unpaired) electrons. The third kappa shape index (κ3) is 5.87. The maximum absolute atomic E-state index is 12.2. The number of ether oxygens (including phenoxy) is 2. The summed E-state index contributed by atoms with van der Waals surface area (Å²) in [6.45, 7) is -2.92. The van der Waals surface area contributed by atoms with E-state index in [1.165, 1.54) is 24.3 Å². The van der Waals surface area contributed by atoms with E-state index < -0.39 is 12.6 Å². The monoisotopic (exact) mass is 397 g/mol. The summed E-state index contributed by atoms with van der Waals surface area (Å²) in [5, 5.41) is 2.78. The lowest BCUT2D eigenvalue weighted by atomic mass is 10.1. The van der Waals surface area contributed by atoms with Crippen molar-refractivity contribution in [3.8, 4) is 5.75 Å². The molecule has 0 aliphatic rings. The van der Waals surface area contributed by atoms with Crippen molar-refractivity contribution in [3.63, 3.8) is 0 Å². The van der Waals surface area contributed by atoms with Gasteiger partial charge in [-0.05, 0) is 54.1 Å². The third-order valence-electron chi connectivity index (χ3n) is 3.93. The Morgan fingerprint density at radius 1 is 0.828 bits per heavy atom. The van der Waals surface area contributed by atoms with Crippen LogP contribution in [0.1, 0.15) is 26.3 Å². The molecule has 5 nitrogen and oxygen atoms in total. The molecule has 0 unspecified atom stereocenters. The number of carbonyl (C=O) groups is 2. The van der Waals surface area contributed by atoms with Gasteiger partial charge < -0.3 is 14.8 Å². The minimum atomic E-state index is -2.93. The zero-order valence-corrected chi connectivity index (χ0v) is 15.2. The van der Waals surface area contributed by atoms with Crippen LogP contribution in [0.5, 0.6) is 5.75 Å². The molecule has 0 saturated heterocycles. The Bertz CT molecular complexity index is 958. The molecule has 0 bridgehead atoms. The molecule has 1 N–H and O–H groups in total. The summed E-state index contributed by atoms with van der Waals surface area (Å²) in [7, 11) is 0. The number of benzene rings is 3. The second kappa shape index (κ2) is 9.45. The minimum absolute atomic E-state index is 0.00863. The summed E-state index contributed by atoms with van der Waals surface area (Å²) < 4.78 is 33.7. The number of nitrogens with one attached hydrogen (secondary N) is 1. The molecule has 0 fully saturated rings. The lowest BCUT2D eigenvalue weighted by molar-refractivity contribution is -0.0498. The Balaban J connectivity index is 1.53. The Kier molecular flexibility index (Phi) is 6.52. The number of rotatable bonds is 7. The van der Waals surface area contributed by atoms with Crippen molar-refractivity contribution < 1.29 is 27.8 Å². The number of para-hydroxylation sites is 1. The fourth-order valence-electron chi connectivity index (χ4n) is 2.48. The van der Waals surface area contributed by atoms with Crippen LogP contribution in [-0.4, -0.2) is 18.5 Å². The van der Waals surface area contributed by atoms with Crippen LogP contribution in [-0.2, 0) is 11.3 Å². The van der Waals surface area contributed by atoms with Crippen molar-refractivity contribution in [1.29, 1.82) is 0 Å². The predicted molar refractivity (Wildman–Crippen MR) is 103 cm³/mol. The van der Waals surface area contributed by atoms with Crippen LogP contribution in [0, 0.1) is 0 Å². The number of hydrogen-bond donors (Lipinski definition) is 1. The molecule has 3 aromatic carbocycles. The van der Waals surface area contributed by atoms with E-state index >= 15 is 0 Å². The second-order valence-electron chi connectivity index (χ2n) is 6.00. The molecule has 0 aliphatic heterocycles. The minimum Gasteiger partial charge on any atom is -0.457 e. The number of carbonyl (C=O) groups excluding carboxylic acids is 2. The first-order valence-electron chi connectivity index (χ1n) is 8.68. The molecule has 3 rings (SSSR count). The summed E-state index contributed by atoms with van der Waals surface area (Å²) in [6.07, 6.45) is 0. The molecular formula is C22H17F2NO4. The van der Waals surface area contributed by atoms with Gasteiger partial charge in [0, 0.05) is 11.3 Å². The van der Waals surface area contributed by atoms with E-state index in [9.17, 15) is 18.4 Å². The number of esters is 1. The standard InChI is InChI=1S/C22H17F2NO4/c23-22(24)29-19-12-10-17(11-13-19)21(27)28-14-15-6-8-16(9-7-15)20(26)25-18-4-2-1-3-5-18/h1-13,22H,14H2,(H,25,26). The van der Waals surface area contributed by atoms with Gasteiger partial charge in [-0.1, -0.05) is 30.3 Å². The Morgan fingerprint density at radius 2 is 1.45 bits per heavy atom. The molecule has 0 aliphatic carbocycles. The van der Waals surface area contributed by atoms with Crippen LogP contribution < -0.4 is 10.1 Å². The topological polar surface area (TPSA) is 64.6 Å². The lowest BCUT2D eigenvalue weighted by Crippen LogP contribution is -2.12. The normalized spacial score (nSPS) is 10.4. The van der Waals surface area contributed by atoms with Gasteiger partial charge in [0.15, 0.2) is 0 Å². The summed E-state index contributed by atoms with van der Waals surface area (Å²) in [4.78, 5) is 24.3. The maximum Gasteiger partial charge on any atom is 0.387 e. The fraction of sp³-hybridized carbons (Fsp3) is 0.0909. The highest BCUT2D eigenvalue weighted by atomic mass is 19.3. The molecule has 148 valence electrons. The van der Waals surface area contributed by atoms with Crippen LogP contribution in [0.3, 0.4) is 0 Å². The third-order valence-corrected chi connectivity index (χ3v) is 3.93. The van der Waals surface area contributed by atoms with Crippen LogP contribution in [0.2, 0.25) is 0 Å². The average Bonchev–Trinajstić information content (AvgIpc) is 2.73. The van der Waals surface area contributed by atoms with E-state index in [0.717, 1.165) is 0 Å². The van der Waals surface area contributed by atoms with Crippen molar-refractivity contribution in [2.24, 2.45) is 0 Å². The van der Waals surface area contributed by atoms with Crippen LogP contribution in [0.25, 0.3) is 0 Å². The zero-order valence-electron chi connectivity index (χ0n) is 15.2. The van der Waals surface area contributed by atoms with Gasteiger partial charge in [-0.15, -0.1) is 0 Å². The van der Waals surface area contributed by atoms with Gasteiger partial charge in [0.25, 0.3) is 5.91 Å². The van der Waals surface area contributed by atoms with E-state index in [0.29, 0.717) is 16.8 Å². The molecule has 29 heavy (non-hydrogen) atoms. The molecule has 7 heteroatoms. The summed E-state index contributed by atoms with van der Waals surface area (Å²) in [5.74, 6) is -0.883. The smallest absolute Gasteiger partial charge is 0.387 e. The van der Waals surface area contributed by atoms with Gasteiger partial charge in [0.1, 0.15) is 12.4 Å². The fourth-order valence-corrected chi connectivity index (χ4v) is 2.48. The quantitative estimate of drug-likeness (QED) is 0.576. The van der Waals surface area contributed by atoms with E-state index in [2.05, 4.69) is 10.1 Å². The average molecular weight is 397 g/mol. The number of alkyl halides is 2. The molecule has 0 spiro atoms. The predicted octanol–water partition coefficient (Wildman–Crippen LogP) is 4.90. The molecule has 1 amide bonds. The molecule has 0 heterocycles. The van der Waals surface area contributed by atoms with Crippen molar-refractivity contribution in [2.75, 3.05) is 5.32 Å². The molecular weight excluding hydrogens is 380 g/mol. The lowest BCUT2D eigenvalue weighted by Gasteiger charge is -2.08.